The Bertz CT molecular complexity index is 549. The van der Waals surface area contributed by atoms with Crippen LogP contribution in [-0.4, -0.2) is 42.7 Å². The third-order valence-electron chi connectivity index (χ3n) is 3.76. The summed E-state index contributed by atoms with van der Waals surface area (Å²) in [6.45, 7) is 8.09. The highest BCUT2D eigenvalue weighted by atomic mass is 32.1. The van der Waals surface area contributed by atoms with Crippen molar-refractivity contribution in [3.63, 3.8) is 0 Å². The highest BCUT2D eigenvalue weighted by Crippen LogP contribution is 2.24. The Morgan fingerprint density at radius 2 is 2.00 bits per heavy atom. The molecule has 3 heterocycles. The van der Waals surface area contributed by atoms with E-state index in [1.807, 2.05) is 24.0 Å². The molecule has 0 bridgehead atoms. The van der Waals surface area contributed by atoms with Crippen molar-refractivity contribution in [2.75, 3.05) is 42.5 Å². The molecule has 0 amide bonds. The van der Waals surface area contributed by atoms with E-state index >= 15 is 0 Å². The van der Waals surface area contributed by atoms with Crippen molar-refractivity contribution in [3.05, 3.63) is 35.6 Å². The van der Waals surface area contributed by atoms with Gasteiger partial charge in [-0.05, 0) is 18.2 Å². The van der Waals surface area contributed by atoms with E-state index < -0.39 is 0 Å². The van der Waals surface area contributed by atoms with Crippen LogP contribution < -0.4 is 15.1 Å². The fourth-order valence-corrected chi connectivity index (χ4v) is 3.32. The molecule has 21 heavy (non-hydrogen) atoms. The molecular formula is C15H21N5S. The molecule has 1 aliphatic rings. The van der Waals surface area contributed by atoms with E-state index in [4.69, 9.17) is 0 Å². The van der Waals surface area contributed by atoms with Crippen LogP contribution in [-0.2, 0) is 6.54 Å². The number of anilines is 2. The lowest BCUT2D eigenvalue weighted by Crippen LogP contribution is -2.47. The maximum Gasteiger partial charge on any atom is 0.185 e. The van der Waals surface area contributed by atoms with E-state index in [-0.39, 0.29) is 0 Å². The fraction of sp³-hybridized carbons (Fsp3) is 0.467. The van der Waals surface area contributed by atoms with Gasteiger partial charge in [0.05, 0.1) is 11.9 Å². The summed E-state index contributed by atoms with van der Waals surface area (Å²) in [6, 6.07) is 2.12. The molecule has 1 N–H and O–H groups in total. The second-order valence-electron chi connectivity index (χ2n) is 5.07. The van der Waals surface area contributed by atoms with Crippen LogP contribution in [0.4, 0.5) is 10.8 Å². The van der Waals surface area contributed by atoms with E-state index in [0.29, 0.717) is 0 Å². The Balaban J connectivity index is 1.66. The predicted molar refractivity (Wildman–Crippen MR) is 88.2 cm³/mol. The molecule has 1 saturated heterocycles. The molecule has 0 atom stereocenters. The molecule has 2 aromatic rings. The van der Waals surface area contributed by atoms with Crippen molar-refractivity contribution < 1.29 is 0 Å². The number of hydrogen-bond donors (Lipinski definition) is 1. The van der Waals surface area contributed by atoms with Gasteiger partial charge >= 0.3 is 0 Å². The monoisotopic (exact) mass is 303 g/mol. The van der Waals surface area contributed by atoms with Crippen molar-refractivity contribution in [1.82, 2.24) is 15.3 Å². The van der Waals surface area contributed by atoms with E-state index in [1.54, 1.807) is 11.3 Å². The van der Waals surface area contributed by atoms with Crippen LogP contribution >= 0.6 is 11.3 Å². The molecule has 0 radical (unpaired) electrons. The summed E-state index contributed by atoms with van der Waals surface area (Å²) in [5, 5.41) is 6.57. The zero-order valence-corrected chi connectivity index (χ0v) is 13.1. The van der Waals surface area contributed by atoms with Gasteiger partial charge in [0.2, 0.25) is 0 Å². The highest BCUT2D eigenvalue weighted by Gasteiger charge is 2.20. The van der Waals surface area contributed by atoms with Crippen LogP contribution in [0.3, 0.4) is 0 Å². The van der Waals surface area contributed by atoms with Gasteiger partial charge in [-0.1, -0.05) is 6.92 Å². The van der Waals surface area contributed by atoms with E-state index in [9.17, 15) is 0 Å². The van der Waals surface area contributed by atoms with Gasteiger partial charge in [-0.2, -0.15) is 0 Å². The average molecular weight is 303 g/mol. The maximum atomic E-state index is 4.40. The van der Waals surface area contributed by atoms with E-state index in [0.717, 1.165) is 44.4 Å². The lowest BCUT2D eigenvalue weighted by atomic mass is 10.2. The molecule has 1 fully saturated rings. The third kappa shape index (κ3) is 3.33. The number of rotatable bonds is 5. The molecule has 2 aromatic heterocycles. The van der Waals surface area contributed by atoms with Crippen LogP contribution in [0, 0.1) is 0 Å². The minimum atomic E-state index is 0.904. The standard InChI is InChI=1S/C15H21N5S/c1-2-16-11-13-3-4-17-12-14(13)19-6-8-20(9-7-19)15-18-5-10-21-15/h3-5,10,12,16H,2,6-9,11H2,1H3. The lowest BCUT2D eigenvalue weighted by Gasteiger charge is -2.36. The fourth-order valence-electron chi connectivity index (χ4n) is 2.62. The summed E-state index contributed by atoms with van der Waals surface area (Å²) >= 11 is 1.71. The SMILES string of the molecule is CCNCc1ccncc1N1CCN(c2nccs2)CC1. The van der Waals surface area contributed by atoms with Crippen molar-refractivity contribution in [2.24, 2.45) is 0 Å². The number of nitrogens with one attached hydrogen (secondary N) is 1. The van der Waals surface area contributed by atoms with Crippen molar-refractivity contribution in [3.8, 4) is 0 Å². The van der Waals surface area contributed by atoms with Gasteiger partial charge in [0, 0.05) is 50.5 Å². The maximum absolute atomic E-state index is 4.40. The second kappa shape index (κ2) is 6.87. The minimum absolute atomic E-state index is 0.904. The first-order chi connectivity index (χ1) is 10.4. The average Bonchev–Trinajstić information content (AvgIpc) is 3.08. The number of aromatic nitrogens is 2. The Morgan fingerprint density at radius 1 is 1.19 bits per heavy atom. The molecular weight excluding hydrogens is 282 g/mol. The smallest absolute Gasteiger partial charge is 0.185 e. The van der Waals surface area contributed by atoms with E-state index in [1.165, 1.54) is 11.3 Å². The zero-order valence-electron chi connectivity index (χ0n) is 12.3. The Labute approximate surface area is 129 Å². The minimum Gasteiger partial charge on any atom is -0.366 e. The topological polar surface area (TPSA) is 44.3 Å². The van der Waals surface area contributed by atoms with E-state index in [2.05, 4.69) is 38.1 Å². The molecule has 0 aliphatic carbocycles. The van der Waals surface area contributed by atoms with Crippen LogP contribution in [0.1, 0.15) is 12.5 Å². The molecule has 0 saturated carbocycles. The Kier molecular flexibility index (Phi) is 4.67. The number of hydrogen-bond acceptors (Lipinski definition) is 6. The van der Waals surface area contributed by atoms with Crippen molar-refractivity contribution in [2.45, 2.75) is 13.5 Å². The molecule has 0 spiro atoms. The van der Waals surface area contributed by atoms with Gasteiger partial charge in [-0.15, -0.1) is 11.3 Å². The van der Waals surface area contributed by atoms with Crippen LogP contribution in [0.15, 0.2) is 30.0 Å². The summed E-state index contributed by atoms with van der Waals surface area (Å²) in [5.41, 5.74) is 2.59. The molecule has 112 valence electrons. The second-order valence-corrected chi connectivity index (χ2v) is 5.95. The van der Waals surface area contributed by atoms with Gasteiger partial charge in [0.15, 0.2) is 5.13 Å². The largest absolute Gasteiger partial charge is 0.366 e. The van der Waals surface area contributed by atoms with Gasteiger partial charge < -0.3 is 15.1 Å². The normalized spacial score (nSPS) is 15.5. The van der Waals surface area contributed by atoms with Crippen molar-refractivity contribution >= 4 is 22.2 Å². The first kappa shape index (κ1) is 14.3. The molecule has 0 unspecified atom stereocenters. The van der Waals surface area contributed by atoms with Gasteiger partial charge in [0.1, 0.15) is 0 Å². The predicted octanol–water partition coefficient (Wildman–Crippen LogP) is 1.97. The Hall–Kier alpha value is -1.66. The first-order valence-corrected chi connectivity index (χ1v) is 8.29. The summed E-state index contributed by atoms with van der Waals surface area (Å²) in [4.78, 5) is 13.5. The van der Waals surface area contributed by atoms with Crippen LogP contribution in [0.5, 0.6) is 0 Å². The quantitative estimate of drug-likeness (QED) is 0.915. The van der Waals surface area contributed by atoms with Gasteiger partial charge in [-0.3, -0.25) is 4.98 Å². The molecule has 5 nitrogen and oxygen atoms in total. The van der Waals surface area contributed by atoms with Crippen molar-refractivity contribution in [1.29, 1.82) is 0 Å². The lowest BCUT2D eigenvalue weighted by molar-refractivity contribution is 0.644. The van der Waals surface area contributed by atoms with Crippen LogP contribution in [0.2, 0.25) is 0 Å². The number of pyridine rings is 1. The summed E-state index contributed by atoms with van der Waals surface area (Å²) in [7, 11) is 0. The van der Waals surface area contributed by atoms with Crippen LogP contribution in [0.25, 0.3) is 0 Å². The Morgan fingerprint density at radius 3 is 2.71 bits per heavy atom. The summed E-state index contributed by atoms with van der Waals surface area (Å²) in [5.74, 6) is 0. The van der Waals surface area contributed by atoms with Gasteiger partial charge in [-0.25, -0.2) is 4.98 Å². The first-order valence-electron chi connectivity index (χ1n) is 7.41. The van der Waals surface area contributed by atoms with Gasteiger partial charge in [0.25, 0.3) is 0 Å². The number of thiazole rings is 1. The molecule has 0 aromatic carbocycles. The summed E-state index contributed by atoms with van der Waals surface area (Å²) in [6.07, 6.45) is 5.75. The highest BCUT2D eigenvalue weighted by molar-refractivity contribution is 7.13. The number of nitrogens with zero attached hydrogens (tertiary/aromatic N) is 4. The third-order valence-corrected chi connectivity index (χ3v) is 4.60. The molecule has 6 heteroatoms. The molecule has 1 aliphatic heterocycles. The summed E-state index contributed by atoms with van der Waals surface area (Å²) < 4.78 is 0. The molecule has 3 rings (SSSR count). The number of piperazine rings is 1. The zero-order chi connectivity index (χ0) is 14.5.